The zero-order valence-corrected chi connectivity index (χ0v) is 13.5. The number of piperidine rings is 1. The second kappa shape index (κ2) is 6.29. The lowest BCUT2D eigenvalue weighted by molar-refractivity contribution is -0.138. The van der Waals surface area contributed by atoms with E-state index < -0.39 is 11.7 Å². The zero-order chi connectivity index (χ0) is 15.6. The van der Waals surface area contributed by atoms with Crippen LogP contribution in [0.2, 0.25) is 0 Å². The van der Waals surface area contributed by atoms with Gasteiger partial charge in [0.15, 0.2) is 23.4 Å². The van der Waals surface area contributed by atoms with Gasteiger partial charge >= 0.3 is 0 Å². The van der Waals surface area contributed by atoms with E-state index in [1.165, 1.54) is 19.3 Å². The number of hydrogen-bond donors (Lipinski definition) is 0. The highest BCUT2D eigenvalue weighted by molar-refractivity contribution is 5.85. The molecular formula is C18H25NO3. The van der Waals surface area contributed by atoms with E-state index in [2.05, 4.69) is 4.90 Å². The van der Waals surface area contributed by atoms with E-state index in [4.69, 9.17) is 9.47 Å². The SMILES string of the molecule is CC1(C)Oc2ccccc2OC1C(=O)CCN1CCCCC1. The zero-order valence-electron chi connectivity index (χ0n) is 13.5. The van der Waals surface area contributed by atoms with E-state index in [-0.39, 0.29) is 5.78 Å². The maximum absolute atomic E-state index is 12.6. The summed E-state index contributed by atoms with van der Waals surface area (Å²) in [6, 6.07) is 7.55. The number of hydrogen-bond acceptors (Lipinski definition) is 4. The van der Waals surface area contributed by atoms with Crippen LogP contribution in [0, 0.1) is 0 Å². The summed E-state index contributed by atoms with van der Waals surface area (Å²) in [5, 5.41) is 0. The third kappa shape index (κ3) is 3.27. The van der Waals surface area contributed by atoms with Crippen LogP contribution in [0.5, 0.6) is 11.5 Å². The second-order valence-electron chi connectivity index (χ2n) is 6.77. The van der Waals surface area contributed by atoms with Crippen molar-refractivity contribution in [1.29, 1.82) is 0 Å². The monoisotopic (exact) mass is 303 g/mol. The lowest BCUT2D eigenvalue weighted by atomic mass is 9.94. The molecule has 0 saturated carbocycles. The minimum Gasteiger partial charge on any atom is -0.480 e. The maximum atomic E-state index is 12.6. The molecular weight excluding hydrogens is 278 g/mol. The average Bonchev–Trinajstić information content (AvgIpc) is 2.52. The summed E-state index contributed by atoms with van der Waals surface area (Å²) in [4.78, 5) is 15.0. The second-order valence-corrected chi connectivity index (χ2v) is 6.77. The van der Waals surface area contributed by atoms with E-state index in [0.717, 1.165) is 19.6 Å². The number of carbonyl (C=O) groups is 1. The molecule has 0 aliphatic carbocycles. The van der Waals surface area contributed by atoms with Crippen molar-refractivity contribution in [2.45, 2.75) is 51.2 Å². The highest BCUT2D eigenvalue weighted by Crippen LogP contribution is 2.38. The normalized spacial score (nSPS) is 24.0. The number of benzene rings is 1. The van der Waals surface area contributed by atoms with Crippen LogP contribution in [0.25, 0.3) is 0 Å². The van der Waals surface area contributed by atoms with Crippen molar-refractivity contribution < 1.29 is 14.3 Å². The Labute approximate surface area is 132 Å². The van der Waals surface area contributed by atoms with Crippen LogP contribution in [0.15, 0.2) is 24.3 Å². The molecule has 1 aromatic carbocycles. The van der Waals surface area contributed by atoms with E-state index in [1.807, 2.05) is 38.1 Å². The molecule has 22 heavy (non-hydrogen) atoms. The van der Waals surface area contributed by atoms with E-state index >= 15 is 0 Å². The van der Waals surface area contributed by atoms with Gasteiger partial charge in [-0.15, -0.1) is 0 Å². The third-order valence-corrected chi connectivity index (χ3v) is 4.51. The summed E-state index contributed by atoms with van der Waals surface area (Å²) in [6.45, 7) is 6.90. The maximum Gasteiger partial charge on any atom is 0.195 e. The molecule has 0 spiro atoms. The number of nitrogens with zero attached hydrogens (tertiary/aromatic N) is 1. The molecule has 1 saturated heterocycles. The topological polar surface area (TPSA) is 38.8 Å². The molecule has 0 radical (unpaired) electrons. The Bertz CT molecular complexity index is 535. The predicted octanol–water partition coefficient (Wildman–Crippen LogP) is 3.05. The third-order valence-electron chi connectivity index (χ3n) is 4.51. The lowest BCUT2D eigenvalue weighted by Gasteiger charge is -2.39. The molecule has 0 N–H and O–H groups in total. The summed E-state index contributed by atoms with van der Waals surface area (Å²) >= 11 is 0. The molecule has 4 heteroatoms. The Morgan fingerprint density at radius 1 is 1.18 bits per heavy atom. The van der Waals surface area contributed by atoms with Crippen molar-refractivity contribution in [2.24, 2.45) is 0 Å². The molecule has 1 unspecified atom stereocenters. The Morgan fingerprint density at radius 2 is 1.86 bits per heavy atom. The van der Waals surface area contributed by atoms with Crippen molar-refractivity contribution in [2.75, 3.05) is 19.6 Å². The molecule has 0 bridgehead atoms. The number of rotatable bonds is 4. The molecule has 1 aromatic rings. The van der Waals surface area contributed by atoms with Crippen molar-refractivity contribution in [3.05, 3.63) is 24.3 Å². The smallest absolute Gasteiger partial charge is 0.195 e. The Balaban J connectivity index is 1.64. The van der Waals surface area contributed by atoms with Crippen LogP contribution in [0.3, 0.4) is 0 Å². The standard InChI is InChI=1S/C18H25NO3/c1-18(2)17(21-15-8-4-5-9-16(15)22-18)14(20)10-13-19-11-6-3-7-12-19/h4-5,8-9,17H,3,6-7,10-13H2,1-2H3. The van der Waals surface area contributed by atoms with Crippen LogP contribution in [0.1, 0.15) is 39.5 Å². The van der Waals surface area contributed by atoms with Crippen LogP contribution >= 0.6 is 0 Å². The van der Waals surface area contributed by atoms with Gasteiger partial charge in [-0.2, -0.15) is 0 Å². The van der Waals surface area contributed by atoms with Gasteiger partial charge in [-0.05, 0) is 51.9 Å². The molecule has 2 aliphatic heterocycles. The molecule has 4 nitrogen and oxygen atoms in total. The molecule has 2 aliphatic rings. The summed E-state index contributed by atoms with van der Waals surface area (Å²) in [5.41, 5.74) is -0.632. The highest BCUT2D eigenvalue weighted by Gasteiger charge is 2.43. The van der Waals surface area contributed by atoms with Crippen LogP contribution < -0.4 is 9.47 Å². The first-order valence-electron chi connectivity index (χ1n) is 8.26. The molecule has 1 fully saturated rings. The number of para-hydroxylation sites is 2. The predicted molar refractivity (Wildman–Crippen MR) is 85.5 cm³/mol. The Hall–Kier alpha value is -1.55. The van der Waals surface area contributed by atoms with Gasteiger partial charge in [0, 0.05) is 13.0 Å². The number of ether oxygens (including phenoxy) is 2. The van der Waals surface area contributed by atoms with Crippen LogP contribution in [-0.4, -0.2) is 42.0 Å². The Kier molecular flexibility index (Phi) is 4.39. The van der Waals surface area contributed by atoms with E-state index in [9.17, 15) is 4.79 Å². The largest absolute Gasteiger partial charge is 0.480 e. The lowest BCUT2D eigenvalue weighted by Crippen LogP contribution is -2.53. The fourth-order valence-electron chi connectivity index (χ4n) is 3.27. The molecule has 3 rings (SSSR count). The van der Waals surface area contributed by atoms with Gasteiger partial charge in [-0.3, -0.25) is 4.79 Å². The minimum absolute atomic E-state index is 0.130. The first-order valence-corrected chi connectivity index (χ1v) is 8.26. The fraction of sp³-hybridized carbons (Fsp3) is 0.611. The first kappa shape index (κ1) is 15.3. The highest BCUT2D eigenvalue weighted by atomic mass is 16.6. The van der Waals surface area contributed by atoms with Crippen molar-refractivity contribution >= 4 is 5.78 Å². The summed E-state index contributed by atoms with van der Waals surface area (Å²) in [6.07, 6.45) is 3.80. The molecule has 0 amide bonds. The van der Waals surface area contributed by atoms with Crippen LogP contribution in [-0.2, 0) is 4.79 Å². The molecule has 1 atom stereocenters. The Morgan fingerprint density at radius 3 is 2.59 bits per heavy atom. The van der Waals surface area contributed by atoms with Gasteiger partial charge in [-0.25, -0.2) is 0 Å². The fourth-order valence-corrected chi connectivity index (χ4v) is 3.27. The van der Waals surface area contributed by atoms with Crippen molar-refractivity contribution in [3.8, 4) is 11.5 Å². The van der Waals surface area contributed by atoms with Crippen molar-refractivity contribution in [1.82, 2.24) is 4.90 Å². The van der Waals surface area contributed by atoms with Crippen LogP contribution in [0.4, 0.5) is 0 Å². The van der Waals surface area contributed by atoms with Gasteiger partial charge < -0.3 is 14.4 Å². The van der Waals surface area contributed by atoms with E-state index in [1.54, 1.807) is 0 Å². The number of ketones is 1. The number of carbonyl (C=O) groups excluding carboxylic acids is 1. The number of Topliss-reactive ketones (excluding diaryl/α,β-unsaturated/α-hetero) is 1. The van der Waals surface area contributed by atoms with Crippen molar-refractivity contribution in [3.63, 3.8) is 0 Å². The molecule has 120 valence electrons. The van der Waals surface area contributed by atoms with Gasteiger partial charge in [0.1, 0.15) is 5.60 Å². The molecule has 0 aromatic heterocycles. The van der Waals surface area contributed by atoms with Gasteiger partial charge in [0.05, 0.1) is 0 Å². The van der Waals surface area contributed by atoms with Gasteiger partial charge in [0.25, 0.3) is 0 Å². The van der Waals surface area contributed by atoms with E-state index in [0.29, 0.717) is 17.9 Å². The summed E-state index contributed by atoms with van der Waals surface area (Å²) < 4.78 is 11.9. The number of likely N-dealkylation sites (tertiary alicyclic amines) is 1. The number of fused-ring (bicyclic) bond motifs is 1. The summed E-state index contributed by atoms with van der Waals surface area (Å²) in [5.74, 6) is 1.51. The minimum atomic E-state index is -0.632. The first-order chi connectivity index (χ1) is 10.6. The molecule has 2 heterocycles. The van der Waals surface area contributed by atoms with Gasteiger partial charge in [-0.1, -0.05) is 18.6 Å². The summed E-state index contributed by atoms with van der Waals surface area (Å²) in [7, 11) is 0. The van der Waals surface area contributed by atoms with Gasteiger partial charge in [0.2, 0.25) is 0 Å². The average molecular weight is 303 g/mol. The quantitative estimate of drug-likeness (QED) is 0.857.